The molecule has 1 aliphatic heterocycles. The van der Waals surface area contributed by atoms with E-state index < -0.39 is 0 Å². The Balaban J connectivity index is 1.95. The van der Waals surface area contributed by atoms with Crippen LogP contribution in [-0.4, -0.2) is 24.0 Å². The minimum atomic E-state index is 0.334. The van der Waals surface area contributed by atoms with Crippen molar-refractivity contribution in [3.63, 3.8) is 0 Å². The highest BCUT2D eigenvalue weighted by Crippen LogP contribution is 2.33. The van der Waals surface area contributed by atoms with Gasteiger partial charge in [0.2, 0.25) is 0 Å². The van der Waals surface area contributed by atoms with Crippen molar-refractivity contribution in [2.75, 3.05) is 13.1 Å². The van der Waals surface area contributed by atoms with Gasteiger partial charge in [0.1, 0.15) is 0 Å². The highest BCUT2D eigenvalue weighted by Gasteiger charge is 2.23. The molecule has 0 radical (unpaired) electrons. The van der Waals surface area contributed by atoms with Crippen LogP contribution in [0.25, 0.3) is 0 Å². The maximum absolute atomic E-state index is 6.10. The third-order valence-corrected chi connectivity index (χ3v) is 6.42. The van der Waals surface area contributed by atoms with Gasteiger partial charge in [-0.2, -0.15) is 0 Å². The van der Waals surface area contributed by atoms with Crippen LogP contribution in [0.15, 0.2) is 14.3 Å². The summed E-state index contributed by atoms with van der Waals surface area (Å²) in [5.74, 6) is 0.665. The Bertz CT molecular complexity index is 347. The molecule has 0 aliphatic carbocycles. The van der Waals surface area contributed by atoms with Crippen LogP contribution >= 0.6 is 43.2 Å². The second-order valence-corrected chi connectivity index (χ2v) is 7.81. The monoisotopic (exact) mass is 366 g/mol. The molecule has 2 nitrogen and oxygen atoms in total. The number of likely N-dealkylation sites (tertiary alicyclic amines) is 1. The third-order valence-electron chi connectivity index (χ3n) is 3.18. The number of piperidine rings is 1. The summed E-state index contributed by atoms with van der Waals surface area (Å²) >= 11 is 8.85. The summed E-state index contributed by atoms with van der Waals surface area (Å²) in [7, 11) is 0. The molecule has 1 aliphatic rings. The molecule has 0 saturated carbocycles. The van der Waals surface area contributed by atoms with Gasteiger partial charge in [-0.1, -0.05) is 6.92 Å². The van der Waals surface area contributed by atoms with E-state index in [1.165, 1.54) is 21.6 Å². The second kappa shape index (κ2) is 5.48. The van der Waals surface area contributed by atoms with Crippen molar-refractivity contribution in [3.05, 3.63) is 19.2 Å². The zero-order chi connectivity index (χ0) is 11.7. The number of rotatable bonds is 2. The quantitative estimate of drug-likeness (QED) is 0.867. The van der Waals surface area contributed by atoms with Crippen LogP contribution in [0.1, 0.15) is 18.2 Å². The predicted molar refractivity (Wildman–Crippen MR) is 76.8 cm³/mol. The van der Waals surface area contributed by atoms with Gasteiger partial charge in [0, 0.05) is 28.5 Å². The van der Waals surface area contributed by atoms with Crippen LogP contribution in [-0.2, 0) is 6.54 Å². The van der Waals surface area contributed by atoms with Crippen LogP contribution < -0.4 is 5.73 Å². The van der Waals surface area contributed by atoms with E-state index in [2.05, 4.69) is 49.7 Å². The number of thiophene rings is 1. The minimum Gasteiger partial charge on any atom is -0.326 e. The van der Waals surface area contributed by atoms with Gasteiger partial charge < -0.3 is 5.73 Å². The van der Waals surface area contributed by atoms with Gasteiger partial charge >= 0.3 is 0 Å². The number of hydrogen-bond donors (Lipinski definition) is 1. The predicted octanol–water partition coefficient (Wildman–Crippen LogP) is 3.44. The van der Waals surface area contributed by atoms with E-state index in [1.807, 2.05) is 0 Å². The second-order valence-electron chi connectivity index (χ2n) is 4.50. The van der Waals surface area contributed by atoms with Crippen LogP contribution in [0.3, 0.4) is 0 Å². The topological polar surface area (TPSA) is 29.3 Å². The van der Waals surface area contributed by atoms with Gasteiger partial charge in [-0.25, -0.2) is 0 Å². The average molecular weight is 368 g/mol. The molecule has 2 heterocycles. The lowest BCUT2D eigenvalue weighted by Crippen LogP contribution is -2.46. The highest BCUT2D eigenvalue weighted by molar-refractivity contribution is 9.13. The molecule has 5 heteroatoms. The number of halogens is 2. The molecule has 0 spiro atoms. The van der Waals surface area contributed by atoms with Crippen molar-refractivity contribution in [2.45, 2.75) is 25.9 Å². The highest BCUT2D eigenvalue weighted by atomic mass is 79.9. The summed E-state index contributed by atoms with van der Waals surface area (Å²) in [6.07, 6.45) is 1.22. The molecule has 2 N–H and O–H groups in total. The largest absolute Gasteiger partial charge is 0.326 e. The molecule has 1 fully saturated rings. The molecule has 2 rings (SSSR count). The summed E-state index contributed by atoms with van der Waals surface area (Å²) in [6, 6.07) is 2.53. The van der Waals surface area contributed by atoms with Crippen LogP contribution in [0.4, 0.5) is 0 Å². The van der Waals surface area contributed by atoms with E-state index in [4.69, 9.17) is 5.73 Å². The van der Waals surface area contributed by atoms with Gasteiger partial charge in [-0.15, -0.1) is 11.3 Å². The van der Waals surface area contributed by atoms with Gasteiger partial charge in [0.05, 0.1) is 3.79 Å². The lowest BCUT2D eigenvalue weighted by molar-refractivity contribution is 0.163. The number of nitrogens with two attached hydrogens (primary N) is 1. The van der Waals surface area contributed by atoms with E-state index >= 15 is 0 Å². The average Bonchev–Trinajstić information content (AvgIpc) is 2.52. The molecular formula is C11H16Br2N2S. The van der Waals surface area contributed by atoms with Crippen LogP contribution in [0.2, 0.25) is 0 Å². The summed E-state index contributed by atoms with van der Waals surface area (Å²) in [5.41, 5.74) is 6.10. The molecule has 16 heavy (non-hydrogen) atoms. The lowest BCUT2D eigenvalue weighted by Gasteiger charge is -2.34. The van der Waals surface area contributed by atoms with Crippen molar-refractivity contribution in [1.29, 1.82) is 0 Å². The van der Waals surface area contributed by atoms with Crippen molar-refractivity contribution in [2.24, 2.45) is 11.7 Å². The van der Waals surface area contributed by atoms with E-state index in [0.717, 1.165) is 17.6 Å². The molecule has 0 aromatic carbocycles. The Labute approximate surface area is 117 Å². The Kier molecular flexibility index (Phi) is 4.46. The van der Waals surface area contributed by atoms with E-state index in [-0.39, 0.29) is 0 Å². The van der Waals surface area contributed by atoms with Crippen LogP contribution in [0.5, 0.6) is 0 Å². The van der Waals surface area contributed by atoms with Crippen molar-refractivity contribution >= 4 is 43.2 Å². The first-order valence-corrected chi connectivity index (χ1v) is 7.88. The Morgan fingerprint density at radius 3 is 2.88 bits per heavy atom. The van der Waals surface area contributed by atoms with Crippen molar-refractivity contribution in [3.8, 4) is 0 Å². The maximum atomic E-state index is 6.10. The van der Waals surface area contributed by atoms with E-state index in [1.54, 1.807) is 11.3 Å². The standard InChI is InChI=1S/C11H16Br2N2S/c1-7-2-3-15(6-10(7)14)5-8-4-9(12)11(13)16-8/h4,7,10H,2-3,5-6,14H2,1H3. The summed E-state index contributed by atoms with van der Waals surface area (Å²) in [6.45, 7) is 5.46. The SMILES string of the molecule is CC1CCN(Cc2cc(Br)c(Br)s2)CC1N. The van der Waals surface area contributed by atoms with E-state index in [9.17, 15) is 0 Å². The molecule has 90 valence electrons. The molecule has 2 atom stereocenters. The first-order valence-electron chi connectivity index (χ1n) is 5.48. The molecule has 1 aromatic heterocycles. The molecule has 1 saturated heterocycles. The first-order chi connectivity index (χ1) is 7.56. The molecule has 0 bridgehead atoms. The molecule has 0 amide bonds. The van der Waals surface area contributed by atoms with Crippen LogP contribution in [0, 0.1) is 5.92 Å². The minimum absolute atomic E-state index is 0.334. The van der Waals surface area contributed by atoms with Gasteiger partial charge in [0.15, 0.2) is 0 Å². The zero-order valence-electron chi connectivity index (χ0n) is 9.25. The van der Waals surface area contributed by atoms with Gasteiger partial charge in [-0.3, -0.25) is 4.90 Å². The molecule has 1 aromatic rings. The zero-order valence-corrected chi connectivity index (χ0v) is 13.2. The Morgan fingerprint density at radius 1 is 1.56 bits per heavy atom. The number of hydrogen-bond acceptors (Lipinski definition) is 3. The smallest absolute Gasteiger partial charge is 0.0843 e. The summed E-state index contributed by atoms with van der Waals surface area (Å²) in [5, 5.41) is 0. The summed E-state index contributed by atoms with van der Waals surface area (Å²) < 4.78 is 2.33. The van der Waals surface area contributed by atoms with Gasteiger partial charge in [-0.05, 0) is 56.8 Å². The third kappa shape index (κ3) is 3.07. The Morgan fingerprint density at radius 2 is 2.31 bits per heavy atom. The fourth-order valence-corrected chi connectivity index (χ4v) is 4.22. The number of nitrogens with zero attached hydrogens (tertiary/aromatic N) is 1. The molecule has 2 unspecified atom stereocenters. The lowest BCUT2D eigenvalue weighted by atomic mass is 9.94. The summed E-state index contributed by atoms with van der Waals surface area (Å²) in [4.78, 5) is 3.84. The van der Waals surface area contributed by atoms with Crippen molar-refractivity contribution < 1.29 is 0 Å². The Hall–Kier alpha value is 0.580. The maximum Gasteiger partial charge on any atom is 0.0843 e. The molecular weight excluding hydrogens is 352 g/mol. The normalized spacial score (nSPS) is 27.2. The van der Waals surface area contributed by atoms with Crippen molar-refractivity contribution in [1.82, 2.24) is 4.90 Å². The fourth-order valence-electron chi connectivity index (χ4n) is 2.00. The van der Waals surface area contributed by atoms with Gasteiger partial charge in [0.25, 0.3) is 0 Å². The fraction of sp³-hybridized carbons (Fsp3) is 0.636. The van der Waals surface area contributed by atoms with E-state index in [0.29, 0.717) is 12.0 Å². The first kappa shape index (κ1) is 13.0.